The minimum atomic E-state index is -1.03. The summed E-state index contributed by atoms with van der Waals surface area (Å²) < 4.78 is 5.52. The largest absolute Gasteiger partial charge is 0.496 e. The topological polar surface area (TPSA) is 92.3 Å². The highest BCUT2D eigenvalue weighted by atomic mass is 127. The quantitative estimate of drug-likeness (QED) is 0.747. The fourth-order valence-electron chi connectivity index (χ4n) is 2.03. The number of ether oxygens (including phenoxy) is 1. The number of aromatic nitrogens is 2. The number of hydrogen-bond donors (Lipinski definition) is 2. The lowest BCUT2D eigenvalue weighted by molar-refractivity contribution is -0.138. The maximum atomic E-state index is 11.6. The van der Waals surface area contributed by atoms with E-state index in [1.54, 1.807) is 12.1 Å². The van der Waals surface area contributed by atoms with Crippen LogP contribution in [0.15, 0.2) is 35.4 Å². The van der Waals surface area contributed by atoms with Gasteiger partial charge in [-0.2, -0.15) is 0 Å². The molecule has 0 saturated carbocycles. The third-order valence-electron chi connectivity index (χ3n) is 3.07. The Morgan fingerprint density at radius 2 is 2.19 bits per heavy atom. The van der Waals surface area contributed by atoms with Crippen molar-refractivity contribution < 1.29 is 14.6 Å². The SMILES string of the molecule is COc1ccccc1CC(C(=O)O)c1nc[nH]c(=O)c1I. The standard InChI is InChI=1S/C14H13IN2O4/c1-21-10-5-3-2-4-8(10)6-9(14(19)20)12-11(15)13(18)17-7-16-12/h2-5,7,9H,6H2,1H3,(H,19,20)(H,16,17,18). The van der Waals surface area contributed by atoms with Crippen LogP contribution in [-0.2, 0) is 11.2 Å². The van der Waals surface area contributed by atoms with Gasteiger partial charge in [0.2, 0.25) is 0 Å². The van der Waals surface area contributed by atoms with Crippen molar-refractivity contribution in [2.45, 2.75) is 12.3 Å². The zero-order valence-corrected chi connectivity index (χ0v) is 13.3. The Labute approximate surface area is 134 Å². The second kappa shape index (κ2) is 6.70. The average Bonchev–Trinajstić information content (AvgIpc) is 2.48. The van der Waals surface area contributed by atoms with Gasteiger partial charge < -0.3 is 14.8 Å². The van der Waals surface area contributed by atoms with Gasteiger partial charge in [-0.15, -0.1) is 0 Å². The van der Waals surface area contributed by atoms with E-state index in [4.69, 9.17) is 4.74 Å². The van der Waals surface area contributed by atoms with Crippen molar-refractivity contribution in [3.8, 4) is 5.75 Å². The molecule has 0 saturated heterocycles. The predicted molar refractivity (Wildman–Crippen MR) is 84.6 cm³/mol. The van der Waals surface area contributed by atoms with Crippen LogP contribution in [0.2, 0.25) is 0 Å². The molecule has 1 aromatic heterocycles. The molecule has 2 rings (SSSR count). The lowest BCUT2D eigenvalue weighted by atomic mass is 9.95. The van der Waals surface area contributed by atoms with Crippen molar-refractivity contribution in [1.82, 2.24) is 9.97 Å². The average molecular weight is 400 g/mol. The summed E-state index contributed by atoms with van der Waals surface area (Å²) >= 11 is 1.81. The van der Waals surface area contributed by atoms with Crippen LogP contribution in [0.1, 0.15) is 17.2 Å². The Morgan fingerprint density at radius 3 is 2.86 bits per heavy atom. The molecule has 7 heteroatoms. The van der Waals surface area contributed by atoms with Crippen LogP contribution in [0, 0.1) is 3.57 Å². The molecule has 0 aliphatic carbocycles. The normalized spacial score (nSPS) is 11.9. The summed E-state index contributed by atoms with van der Waals surface area (Å²) in [4.78, 5) is 29.6. The zero-order chi connectivity index (χ0) is 15.4. The molecule has 2 aromatic rings. The van der Waals surface area contributed by atoms with E-state index in [9.17, 15) is 14.7 Å². The van der Waals surface area contributed by atoms with Crippen LogP contribution in [0.4, 0.5) is 0 Å². The van der Waals surface area contributed by atoms with E-state index < -0.39 is 11.9 Å². The second-order valence-corrected chi connectivity index (χ2v) is 5.42. The highest BCUT2D eigenvalue weighted by molar-refractivity contribution is 14.1. The molecule has 21 heavy (non-hydrogen) atoms. The van der Waals surface area contributed by atoms with Crippen LogP contribution in [0.25, 0.3) is 0 Å². The van der Waals surface area contributed by atoms with Crippen LogP contribution >= 0.6 is 22.6 Å². The molecule has 0 bridgehead atoms. The second-order valence-electron chi connectivity index (χ2n) is 4.34. The summed E-state index contributed by atoms with van der Waals surface area (Å²) in [5.41, 5.74) is 0.676. The number of para-hydroxylation sites is 1. The number of aliphatic carboxylic acids is 1. The van der Waals surface area contributed by atoms with Gasteiger partial charge in [0.25, 0.3) is 5.56 Å². The van der Waals surface area contributed by atoms with Gasteiger partial charge in [-0.1, -0.05) is 18.2 Å². The molecular weight excluding hydrogens is 387 g/mol. The van der Waals surface area contributed by atoms with Crippen LogP contribution in [-0.4, -0.2) is 28.2 Å². The van der Waals surface area contributed by atoms with Crippen molar-refractivity contribution in [2.75, 3.05) is 7.11 Å². The summed E-state index contributed by atoms with van der Waals surface area (Å²) in [5.74, 6) is -1.32. The number of halogens is 1. The Hall–Kier alpha value is -1.90. The van der Waals surface area contributed by atoms with Gasteiger partial charge in [0.1, 0.15) is 15.2 Å². The van der Waals surface area contributed by atoms with Gasteiger partial charge in [0.15, 0.2) is 0 Å². The van der Waals surface area contributed by atoms with E-state index >= 15 is 0 Å². The minimum absolute atomic E-state index is 0.200. The molecule has 0 amide bonds. The molecule has 1 unspecified atom stereocenters. The molecule has 1 atom stereocenters. The first-order valence-corrected chi connectivity index (χ1v) is 7.20. The highest BCUT2D eigenvalue weighted by Crippen LogP contribution is 2.27. The third-order valence-corrected chi connectivity index (χ3v) is 4.11. The van der Waals surface area contributed by atoms with Gasteiger partial charge in [-0.3, -0.25) is 9.59 Å². The molecule has 1 aromatic carbocycles. The number of nitrogens with zero attached hydrogens (tertiary/aromatic N) is 1. The fourth-order valence-corrected chi connectivity index (χ4v) is 2.70. The molecule has 2 N–H and O–H groups in total. The fraction of sp³-hybridized carbons (Fsp3) is 0.214. The molecule has 110 valence electrons. The summed E-state index contributed by atoms with van der Waals surface area (Å²) in [6.07, 6.45) is 1.42. The number of benzene rings is 1. The minimum Gasteiger partial charge on any atom is -0.496 e. The summed E-state index contributed by atoms with van der Waals surface area (Å²) in [7, 11) is 1.53. The smallest absolute Gasteiger partial charge is 0.312 e. The molecular formula is C14H13IN2O4. The van der Waals surface area contributed by atoms with Gasteiger partial charge >= 0.3 is 5.97 Å². The van der Waals surface area contributed by atoms with E-state index in [1.165, 1.54) is 13.4 Å². The molecule has 0 aliphatic heterocycles. The predicted octanol–water partition coefficient (Wildman–Crippen LogP) is 1.79. The van der Waals surface area contributed by atoms with Crippen LogP contribution in [0.3, 0.4) is 0 Å². The first kappa shape index (κ1) is 15.5. The number of carboxylic acid groups (broad SMARTS) is 1. The lowest BCUT2D eigenvalue weighted by Crippen LogP contribution is -2.22. The number of aromatic amines is 1. The first-order valence-electron chi connectivity index (χ1n) is 6.12. The molecule has 0 radical (unpaired) electrons. The van der Waals surface area contributed by atoms with Gasteiger partial charge in [0.05, 0.1) is 19.1 Å². The van der Waals surface area contributed by atoms with Crippen molar-refractivity contribution in [2.24, 2.45) is 0 Å². The van der Waals surface area contributed by atoms with Crippen molar-refractivity contribution >= 4 is 28.6 Å². The third kappa shape index (κ3) is 3.41. The monoisotopic (exact) mass is 400 g/mol. The van der Waals surface area contributed by atoms with Gasteiger partial charge in [-0.25, -0.2) is 4.98 Å². The number of methoxy groups -OCH3 is 1. The molecule has 0 spiro atoms. The Morgan fingerprint density at radius 1 is 1.48 bits per heavy atom. The zero-order valence-electron chi connectivity index (χ0n) is 11.2. The van der Waals surface area contributed by atoms with Crippen LogP contribution < -0.4 is 10.3 Å². The Balaban J connectivity index is 2.43. The highest BCUT2D eigenvalue weighted by Gasteiger charge is 2.26. The van der Waals surface area contributed by atoms with Crippen LogP contribution in [0.5, 0.6) is 5.75 Å². The van der Waals surface area contributed by atoms with Crippen molar-refractivity contribution in [1.29, 1.82) is 0 Å². The maximum absolute atomic E-state index is 11.6. The summed E-state index contributed by atoms with van der Waals surface area (Å²) in [5, 5.41) is 9.47. The number of hydrogen-bond acceptors (Lipinski definition) is 4. The van der Waals surface area contributed by atoms with Crippen molar-refractivity contribution in [3.05, 3.63) is 55.8 Å². The van der Waals surface area contributed by atoms with Gasteiger partial charge in [0, 0.05) is 0 Å². The summed E-state index contributed by atoms with van der Waals surface area (Å²) in [6, 6.07) is 7.19. The van der Waals surface area contributed by atoms with E-state index in [1.807, 2.05) is 34.7 Å². The Kier molecular flexibility index (Phi) is 4.94. The number of rotatable bonds is 5. The molecule has 6 nitrogen and oxygen atoms in total. The number of carbonyl (C=O) groups is 1. The Bertz CT molecular complexity index is 714. The number of H-pyrrole nitrogens is 1. The number of nitrogens with one attached hydrogen (secondary N) is 1. The van der Waals surface area contributed by atoms with E-state index in [0.29, 0.717) is 5.75 Å². The first-order chi connectivity index (χ1) is 10.0. The lowest BCUT2D eigenvalue weighted by Gasteiger charge is -2.15. The maximum Gasteiger partial charge on any atom is 0.312 e. The molecule has 0 fully saturated rings. The van der Waals surface area contributed by atoms with E-state index in [2.05, 4.69) is 9.97 Å². The van der Waals surface area contributed by atoms with E-state index in [0.717, 1.165) is 5.56 Å². The van der Waals surface area contributed by atoms with Crippen molar-refractivity contribution in [3.63, 3.8) is 0 Å². The molecule has 1 heterocycles. The van der Waals surface area contributed by atoms with Gasteiger partial charge in [-0.05, 0) is 40.6 Å². The number of carboxylic acids is 1. The molecule has 0 aliphatic rings. The van der Waals surface area contributed by atoms with E-state index in [-0.39, 0.29) is 21.2 Å². The summed E-state index contributed by atoms with van der Waals surface area (Å²) in [6.45, 7) is 0.